The number of benzene rings is 1. The Hall–Kier alpha value is -1.18. The monoisotopic (exact) mass is 210 g/mol. The molecule has 0 unspecified atom stereocenters. The van der Waals surface area contributed by atoms with Gasteiger partial charge in [-0.1, -0.05) is 26.0 Å². The van der Waals surface area contributed by atoms with E-state index in [2.05, 4.69) is 0 Å². The minimum Gasteiger partial charge on any atom is -0.490 e. The first kappa shape index (κ1) is 13.8. The fourth-order valence-corrected chi connectivity index (χ4v) is 1.22. The van der Waals surface area contributed by atoms with E-state index in [4.69, 9.17) is 9.47 Å². The normalized spacial score (nSPS) is 8.87. The number of aryl methyl sites for hydroxylation is 1. The number of hydrogen-bond donors (Lipinski definition) is 0. The van der Waals surface area contributed by atoms with Crippen molar-refractivity contribution in [2.45, 2.75) is 34.6 Å². The predicted molar refractivity (Wildman–Crippen MR) is 64.9 cm³/mol. The van der Waals surface area contributed by atoms with Crippen LogP contribution in [0.15, 0.2) is 18.2 Å². The maximum atomic E-state index is 5.50. The summed E-state index contributed by atoms with van der Waals surface area (Å²) in [4.78, 5) is 0. The standard InChI is InChI=1S/C11H16O2.C2H6/c1-4-12-10-8-6-7-9(3)11(10)13-5-2;1-2/h6-8H,4-5H2,1-3H3;1-2H3. The molecule has 1 aromatic rings. The Labute approximate surface area is 93.2 Å². The largest absolute Gasteiger partial charge is 0.490 e. The first-order chi connectivity index (χ1) is 7.29. The highest BCUT2D eigenvalue weighted by molar-refractivity contribution is 5.45. The molecular formula is C13H22O2. The lowest BCUT2D eigenvalue weighted by atomic mass is 10.2. The number of hydrogen-bond acceptors (Lipinski definition) is 2. The second kappa shape index (κ2) is 8.16. The first-order valence-electron chi connectivity index (χ1n) is 5.64. The molecule has 0 radical (unpaired) electrons. The molecule has 0 bridgehead atoms. The minimum atomic E-state index is 0.670. The second-order valence-electron chi connectivity index (χ2n) is 2.77. The van der Waals surface area contributed by atoms with E-state index >= 15 is 0 Å². The summed E-state index contributed by atoms with van der Waals surface area (Å²) in [7, 11) is 0. The predicted octanol–water partition coefficient (Wildman–Crippen LogP) is 3.82. The summed E-state index contributed by atoms with van der Waals surface area (Å²) in [6, 6.07) is 5.93. The molecule has 0 N–H and O–H groups in total. The lowest BCUT2D eigenvalue weighted by Crippen LogP contribution is -1.99. The Morgan fingerprint density at radius 2 is 1.60 bits per heavy atom. The average Bonchev–Trinajstić information content (AvgIpc) is 2.26. The zero-order valence-electron chi connectivity index (χ0n) is 10.5. The summed E-state index contributed by atoms with van der Waals surface area (Å²) < 4.78 is 10.9. The fraction of sp³-hybridized carbons (Fsp3) is 0.538. The molecule has 0 heterocycles. The van der Waals surface area contributed by atoms with Crippen molar-refractivity contribution in [3.8, 4) is 11.5 Å². The maximum absolute atomic E-state index is 5.50. The summed E-state index contributed by atoms with van der Waals surface area (Å²) in [6.07, 6.45) is 0. The van der Waals surface area contributed by atoms with Gasteiger partial charge in [-0.25, -0.2) is 0 Å². The van der Waals surface area contributed by atoms with Crippen LogP contribution in [0.2, 0.25) is 0 Å². The molecule has 1 aromatic carbocycles. The van der Waals surface area contributed by atoms with Crippen molar-refractivity contribution in [2.75, 3.05) is 13.2 Å². The highest BCUT2D eigenvalue weighted by Gasteiger charge is 2.05. The van der Waals surface area contributed by atoms with Crippen molar-refractivity contribution >= 4 is 0 Å². The summed E-state index contributed by atoms with van der Waals surface area (Å²) in [5, 5.41) is 0. The molecular weight excluding hydrogens is 188 g/mol. The molecule has 2 nitrogen and oxygen atoms in total. The molecule has 0 spiro atoms. The maximum Gasteiger partial charge on any atom is 0.164 e. The molecule has 0 aliphatic carbocycles. The van der Waals surface area contributed by atoms with Crippen LogP contribution < -0.4 is 9.47 Å². The van der Waals surface area contributed by atoms with Crippen molar-refractivity contribution in [1.82, 2.24) is 0 Å². The number of rotatable bonds is 4. The van der Waals surface area contributed by atoms with Crippen molar-refractivity contribution in [2.24, 2.45) is 0 Å². The smallest absolute Gasteiger partial charge is 0.164 e. The first-order valence-corrected chi connectivity index (χ1v) is 5.64. The van der Waals surface area contributed by atoms with E-state index in [1.165, 1.54) is 0 Å². The van der Waals surface area contributed by atoms with Crippen LogP contribution in [-0.2, 0) is 0 Å². The summed E-state index contributed by atoms with van der Waals surface area (Å²) >= 11 is 0. The third kappa shape index (κ3) is 4.24. The van der Waals surface area contributed by atoms with Gasteiger partial charge in [-0.15, -0.1) is 0 Å². The van der Waals surface area contributed by atoms with Gasteiger partial charge in [0.1, 0.15) is 0 Å². The third-order valence-corrected chi connectivity index (χ3v) is 1.76. The summed E-state index contributed by atoms with van der Waals surface area (Å²) in [6.45, 7) is 11.3. The van der Waals surface area contributed by atoms with Crippen molar-refractivity contribution in [3.05, 3.63) is 23.8 Å². The van der Waals surface area contributed by atoms with E-state index in [-0.39, 0.29) is 0 Å². The molecule has 0 fully saturated rings. The zero-order chi connectivity index (χ0) is 11.7. The summed E-state index contributed by atoms with van der Waals surface area (Å²) in [5.74, 6) is 1.70. The van der Waals surface area contributed by atoms with Crippen LogP contribution in [0.25, 0.3) is 0 Å². The van der Waals surface area contributed by atoms with Crippen molar-refractivity contribution < 1.29 is 9.47 Å². The van der Waals surface area contributed by atoms with Gasteiger partial charge in [-0.05, 0) is 32.4 Å². The van der Waals surface area contributed by atoms with Crippen LogP contribution in [0, 0.1) is 6.92 Å². The topological polar surface area (TPSA) is 18.5 Å². The second-order valence-corrected chi connectivity index (χ2v) is 2.77. The fourth-order valence-electron chi connectivity index (χ4n) is 1.22. The van der Waals surface area contributed by atoms with E-state index in [1.54, 1.807) is 0 Å². The van der Waals surface area contributed by atoms with E-state index in [0.717, 1.165) is 17.1 Å². The Morgan fingerprint density at radius 1 is 1.00 bits per heavy atom. The molecule has 0 aliphatic rings. The Balaban J connectivity index is 0.000000921. The van der Waals surface area contributed by atoms with Gasteiger partial charge in [0.15, 0.2) is 11.5 Å². The third-order valence-electron chi connectivity index (χ3n) is 1.76. The Kier molecular flexibility index (Phi) is 7.51. The molecule has 15 heavy (non-hydrogen) atoms. The Bertz CT molecular complexity index is 269. The van der Waals surface area contributed by atoms with Crippen LogP contribution in [0.1, 0.15) is 33.3 Å². The van der Waals surface area contributed by atoms with Gasteiger partial charge in [0.2, 0.25) is 0 Å². The highest BCUT2D eigenvalue weighted by Crippen LogP contribution is 2.30. The molecule has 0 aliphatic heterocycles. The van der Waals surface area contributed by atoms with Crippen molar-refractivity contribution in [1.29, 1.82) is 0 Å². The van der Waals surface area contributed by atoms with E-state index in [9.17, 15) is 0 Å². The molecule has 0 saturated carbocycles. The van der Waals surface area contributed by atoms with Crippen LogP contribution in [0.5, 0.6) is 11.5 Å². The van der Waals surface area contributed by atoms with Gasteiger partial charge in [-0.3, -0.25) is 0 Å². The van der Waals surface area contributed by atoms with Crippen LogP contribution >= 0.6 is 0 Å². The van der Waals surface area contributed by atoms with Gasteiger partial charge in [0, 0.05) is 0 Å². The van der Waals surface area contributed by atoms with Gasteiger partial charge in [0.25, 0.3) is 0 Å². The Morgan fingerprint density at radius 3 is 2.13 bits per heavy atom. The molecule has 1 rings (SSSR count). The van der Waals surface area contributed by atoms with Crippen molar-refractivity contribution in [3.63, 3.8) is 0 Å². The molecule has 86 valence electrons. The van der Waals surface area contributed by atoms with Crippen LogP contribution in [0.3, 0.4) is 0 Å². The SMILES string of the molecule is CC.CCOc1cccc(C)c1OCC. The highest BCUT2D eigenvalue weighted by atomic mass is 16.5. The number of ether oxygens (including phenoxy) is 2. The zero-order valence-corrected chi connectivity index (χ0v) is 10.5. The quantitative estimate of drug-likeness (QED) is 0.752. The summed E-state index contributed by atoms with van der Waals surface area (Å²) in [5.41, 5.74) is 1.12. The molecule has 2 heteroatoms. The number of para-hydroxylation sites is 1. The van der Waals surface area contributed by atoms with E-state index in [0.29, 0.717) is 13.2 Å². The lowest BCUT2D eigenvalue weighted by Gasteiger charge is -2.12. The van der Waals surface area contributed by atoms with Gasteiger partial charge >= 0.3 is 0 Å². The molecule has 0 saturated heterocycles. The van der Waals surface area contributed by atoms with Gasteiger partial charge in [-0.2, -0.15) is 0 Å². The molecule has 0 atom stereocenters. The lowest BCUT2D eigenvalue weighted by molar-refractivity contribution is 0.286. The molecule has 0 amide bonds. The average molecular weight is 210 g/mol. The van der Waals surface area contributed by atoms with Gasteiger partial charge < -0.3 is 9.47 Å². The van der Waals surface area contributed by atoms with E-state index < -0.39 is 0 Å². The minimum absolute atomic E-state index is 0.670. The molecule has 0 aromatic heterocycles. The van der Waals surface area contributed by atoms with E-state index in [1.807, 2.05) is 52.8 Å². The van der Waals surface area contributed by atoms with Gasteiger partial charge in [0.05, 0.1) is 13.2 Å². The van der Waals surface area contributed by atoms with Crippen LogP contribution in [0.4, 0.5) is 0 Å². The van der Waals surface area contributed by atoms with Crippen LogP contribution in [-0.4, -0.2) is 13.2 Å².